The monoisotopic (exact) mass is 560 g/mol. The fourth-order valence-electron chi connectivity index (χ4n) is 6.84. The number of rotatable bonds is 19. The van der Waals surface area contributed by atoms with Gasteiger partial charge in [0.1, 0.15) is 18.5 Å². The van der Waals surface area contributed by atoms with Crippen LogP contribution in [0.1, 0.15) is 115 Å². The number of ether oxygens (including phenoxy) is 2. The molecule has 2 saturated carbocycles. The van der Waals surface area contributed by atoms with Gasteiger partial charge in [-0.15, -0.1) is 0 Å². The van der Waals surface area contributed by atoms with E-state index in [-0.39, 0.29) is 19.6 Å². The number of methoxy groups -OCH3 is 1. The van der Waals surface area contributed by atoms with E-state index in [0.717, 1.165) is 35.8 Å². The fraction of sp³-hybridized carbons (Fsp3) is 0.794. The molecule has 0 aliphatic heterocycles. The third-order valence-electron chi connectivity index (χ3n) is 9.31. The summed E-state index contributed by atoms with van der Waals surface area (Å²) in [7, 11) is 1.59. The molecule has 0 amide bonds. The average Bonchev–Trinajstić information content (AvgIpc) is 2.97. The summed E-state index contributed by atoms with van der Waals surface area (Å²) in [5.41, 5.74) is 1.35. The fourth-order valence-corrected chi connectivity index (χ4v) is 6.84. The minimum absolute atomic E-state index is 0.0516. The van der Waals surface area contributed by atoms with Crippen molar-refractivity contribution in [3.05, 3.63) is 29.8 Å². The van der Waals surface area contributed by atoms with Gasteiger partial charge < -0.3 is 14.6 Å². The number of benzene rings is 1. The summed E-state index contributed by atoms with van der Waals surface area (Å²) in [6, 6.07) is 8.28. The Labute approximate surface area is 243 Å². The Morgan fingerprint density at radius 3 is 2.08 bits per heavy atom. The lowest BCUT2D eigenvalue weighted by atomic mass is 9.68. The van der Waals surface area contributed by atoms with Crippen LogP contribution in [0.2, 0.25) is 0 Å². The predicted octanol–water partition coefficient (Wildman–Crippen LogP) is 7.84. The molecule has 0 heterocycles. The van der Waals surface area contributed by atoms with Crippen molar-refractivity contribution in [2.45, 2.75) is 122 Å². The zero-order valence-electron chi connectivity index (χ0n) is 25.3. The van der Waals surface area contributed by atoms with Crippen LogP contribution >= 0.6 is 0 Å². The Morgan fingerprint density at radius 2 is 1.48 bits per heavy atom. The van der Waals surface area contributed by atoms with E-state index >= 15 is 0 Å². The number of aliphatic hydroxyl groups is 1. The van der Waals surface area contributed by atoms with Crippen molar-refractivity contribution in [1.82, 2.24) is 0 Å². The van der Waals surface area contributed by atoms with Crippen molar-refractivity contribution in [3.63, 3.8) is 0 Å². The first kappa shape index (κ1) is 32.9. The van der Waals surface area contributed by atoms with Gasteiger partial charge in [0.05, 0.1) is 19.6 Å². The Balaban J connectivity index is 1.29. The maximum Gasteiger partial charge on any atom is 0.344 e. The molecule has 1 aromatic rings. The molecule has 0 spiro atoms. The van der Waals surface area contributed by atoms with Crippen LogP contribution in [-0.4, -0.2) is 44.1 Å². The van der Waals surface area contributed by atoms with Crippen molar-refractivity contribution >= 4 is 5.97 Å². The number of carbonyl (C=O) groups excluding carboxylic acids is 1. The molecule has 1 unspecified atom stereocenters. The molecule has 40 heavy (non-hydrogen) atoms. The summed E-state index contributed by atoms with van der Waals surface area (Å²) in [4.78, 5) is 20.9. The molecule has 6 nitrogen and oxygen atoms in total. The molecular weight excluding hydrogens is 504 g/mol. The van der Waals surface area contributed by atoms with Gasteiger partial charge in [0.15, 0.2) is 0 Å². The van der Waals surface area contributed by atoms with Crippen LogP contribution in [0.4, 0.5) is 0 Å². The third-order valence-corrected chi connectivity index (χ3v) is 9.31. The summed E-state index contributed by atoms with van der Waals surface area (Å²) in [6.07, 6.45) is 22.2. The van der Waals surface area contributed by atoms with Crippen LogP contribution in [0, 0.1) is 23.7 Å². The number of aliphatic hydroxyl groups excluding tert-OH is 1. The normalized spacial score (nSPS) is 24.0. The van der Waals surface area contributed by atoms with Gasteiger partial charge in [-0.25, -0.2) is 4.79 Å². The number of hydrogen-bond acceptors (Lipinski definition) is 6. The van der Waals surface area contributed by atoms with Crippen LogP contribution in [0.15, 0.2) is 24.3 Å². The molecule has 0 bridgehead atoms. The first-order chi connectivity index (χ1) is 19.6. The van der Waals surface area contributed by atoms with Gasteiger partial charge in [-0.1, -0.05) is 83.3 Å². The Hall–Kier alpha value is -1.63. The van der Waals surface area contributed by atoms with Gasteiger partial charge in [-0.3, -0.25) is 4.89 Å². The van der Waals surface area contributed by atoms with Crippen molar-refractivity contribution < 1.29 is 29.1 Å². The maximum absolute atomic E-state index is 11.3. The number of carbonyl (C=O) groups is 1. The van der Waals surface area contributed by atoms with Crippen molar-refractivity contribution in [3.8, 4) is 5.75 Å². The van der Waals surface area contributed by atoms with E-state index in [1.807, 2.05) is 12.1 Å². The highest BCUT2D eigenvalue weighted by molar-refractivity contribution is 5.68. The first-order valence-corrected chi connectivity index (χ1v) is 16.3. The Kier molecular flexibility index (Phi) is 16.0. The second-order valence-electron chi connectivity index (χ2n) is 12.4. The molecule has 0 saturated heterocycles. The van der Waals surface area contributed by atoms with Gasteiger partial charge in [-0.05, 0) is 79.9 Å². The molecular formula is C34H56O6. The second-order valence-corrected chi connectivity index (χ2v) is 12.4. The summed E-state index contributed by atoms with van der Waals surface area (Å²) in [5.74, 6) is 4.01. The van der Waals surface area contributed by atoms with Gasteiger partial charge in [-0.2, -0.15) is 4.89 Å². The molecule has 228 valence electrons. The lowest BCUT2D eigenvalue weighted by Crippen LogP contribution is -2.28. The van der Waals surface area contributed by atoms with Gasteiger partial charge in [0.25, 0.3) is 0 Å². The van der Waals surface area contributed by atoms with Gasteiger partial charge >= 0.3 is 5.97 Å². The Morgan fingerprint density at radius 1 is 0.850 bits per heavy atom. The van der Waals surface area contributed by atoms with Crippen LogP contribution in [0.3, 0.4) is 0 Å². The minimum Gasteiger partial charge on any atom is -0.485 e. The van der Waals surface area contributed by atoms with Crippen molar-refractivity contribution in [2.24, 2.45) is 23.7 Å². The summed E-state index contributed by atoms with van der Waals surface area (Å²) in [6.45, 7) is 2.39. The zero-order chi connectivity index (χ0) is 28.4. The molecule has 2 aliphatic carbocycles. The SMILES string of the molecule is CCCCCCCC1CCC(C2CCC(CCc3ccc(OC(COC)COOC(=O)CCO)cc3)CC2)CC1. The van der Waals surface area contributed by atoms with E-state index < -0.39 is 12.1 Å². The highest BCUT2D eigenvalue weighted by Crippen LogP contribution is 2.43. The molecule has 1 atom stereocenters. The Bertz CT molecular complexity index is 780. The van der Waals surface area contributed by atoms with Crippen molar-refractivity contribution in [1.29, 1.82) is 0 Å². The molecule has 0 aromatic heterocycles. The highest BCUT2D eigenvalue weighted by atomic mass is 17.2. The lowest BCUT2D eigenvalue weighted by molar-refractivity contribution is -0.282. The number of unbranched alkanes of at least 4 members (excludes halogenated alkanes) is 4. The van der Waals surface area contributed by atoms with Crippen molar-refractivity contribution in [2.75, 3.05) is 26.9 Å². The molecule has 0 radical (unpaired) electrons. The van der Waals surface area contributed by atoms with E-state index in [0.29, 0.717) is 6.61 Å². The average molecular weight is 561 g/mol. The van der Waals surface area contributed by atoms with Crippen LogP contribution in [-0.2, 0) is 25.7 Å². The van der Waals surface area contributed by atoms with Crippen LogP contribution in [0.25, 0.3) is 0 Å². The predicted molar refractivity (Wildman–Crippen MR) is 159 cm³/mol. The molecule has 2 fully saturated rings. The van der Waals surface area contributed by atoms with E-state index in [1.165, 1.54) is 102 Å². The molecule has 1 aromatic carbocycles. The van der Waals surface area contributed by atoms with E-state index in [4.69, 9.17) is 19.5 Å². The highest BCUT2D eigenvalue weighted by Gasteiger charge is 2.30. The third kappa shape index (κ3) is 12.5. The van der Waals surface area contributed by atoms with Gasteiger partial charge in [0.2, 0.25) is 0 Å². The molecule has 1 N–H and O–H groups in total. The first-order valence-electron chi connectivity index (χ1n) is 16.3. The number of aryl methyl sites for hydroxylation is 1. The smallest absolute Gasteiger partial charge is 0.344 e. The van der Waals surface area contributed by atoms with E-state index in [1.54, 1.807) is 7.11 Å². The van der Waals surface area contributed by atoms with Gasteiger partial charge in [0, 0.05) is 7.11 Å². The zero-order valence-corrected chi connectivity index (χ0v) is 25.3. The lowest BCUT2D eigenvalue weighted by Gasteiger charge is -2.38. The summed E-state index contributed by atoms with van der Waals surface area (Å²) < 4.78 is 11.2. The van der Waals surface area contributed by atoms with E-state index in [9.17, 15) is 4.79 Å². The number of hydrogen-bond donors (Lipinski definition) is 1. The van der Waals surface area contributed by atoms with Crippen LogP contribution < -0.4 is 4.74 Å². The largest absolute Gasteiger partial charge is 0.485 e. The van der Waals surface area contributed by atoms with E-state index in [2.05, 4.69) is 23.9 Å². The molecule has 3 rings (SSSR count). The topological polar surface area (TPSA) is 74.2 Å². The maximum atomic E-state index is 11.3. The standard InChI is InChI=1S/C34H56O6/c1-3-4-5-6-7-8-27-11-17-30(18-12-27)31-19-13-28(14-20-31)9-10-29-15-21-32(22-16-29)39-33(25-37-2)26-38-40-34(36)23-24-35/h15-16,21-22,27-28,30-31,33,35H,3-14,17-20,23-26H2,1-2H3. The molecule has 2 aliphatic rings. The minimum atomic E-state index is -0.609. The second kappa shape index (κ2) is 19.5. The van der Waals surface area contributed by atoms with Crippen LogP contribution in [0.5, 0.6) is 5.75 Å². The summed E-state index contributed by atoms with van der Waals surface area (Å²) >= 11 is 0. The summed E-state index contributed by atoms with van der Waals surface area (Å²) in [5, 5.41) is 8.76. The quantitative estimate of drug-likeness (QED) is 0.106. The molecule has 6 heteroatoms.